The quantitative estimate of drug-likeness (QED) is 0.00947. The Labute approximate surface area is 632 Å². The van der Waals surface area contributed by atoms with Crippen LogP contribution in [0.4, 0.5) is 17.6 Å². The molecule has 9 rings (SSSR count). The van der Waals surface area contributed by atoms with Gasteiger partial charge in [0.1, 0.15) is 24.7 Å². The minimum absolute atomic E-state index is 0.130. The Kier molecular flexibility index (Phi) is 37.2. The summed E-state index contributed by atoms with van der Waals surface area (Å²) in [5.74, 6) is -3.20. The van der Waals surface area contributed by atoms with Crippen LogP contribution in [0.3, 0.4) is 0 Å². The Morgan fingerprint density at radius 3 is 1.13 bits per heavy atom. The van der Waals surface area contributed by atoms with Crippen LogP contribution in [-0.4, -0.2) is 125 Å². The van der Waals surface area contributed by atoms with Crippen molar-refractivity contribution in [3.05, 3.63) is 206 Å². The Morgan fingerprint density at radius 1 is 0.449 bits per heavy atom. The van der Waals surface area contributed by atoms with Gasteiger partial charge in [-0.05, 0) is 173 Å². The zero-order valence-corrected chi connectivity index (χ0v) is 64.4. The standard InChI is InChI=1S/C34H37O3S.C28H33O2S.2C9H15F2NO6S/c1-27(35-25-26-36-30-19-17-29(18-20-30)28-11-5-2-6-12-28)37-31-21-23-34(24-22-31)38(32-13-7-3-8-14-32)33-15-9-4-10-16-33;1-23(29-22-21-24-11-5-2-6-12-24)30-25-17-19-28(20-18-25)31(26-13-7-3-8-14-26)27-15-9-4-10-16-27;2*1-3-6(2)7(13)18-5-4-12-8(14)9(10,11)19(15,16)17/h2-16,21-24,27,29-30H,17-20,25-26H2,1H3;3-4,7-10,13-20,23-24H,2,5-6,11-12,21-22H2,1H3;2*6H,3-5H2,1-2H3,(H,12,14)(H,15,16,17)/q2*+1;;/p-2. The maximum absolute atomic E-state index is 12.7. The van der Waals surface area contributed by atoms with Crippen molar-refractivity contribution < 1.29 is 95.8 Å². The molecule has 4 unspecified atom stereocenters. The molecule has 2 N–H and O–H groups in total. The number of rotatable bonds is 34. The summed E-state index contributed by atoms with van der Waals surface area (Å²) in [6.07, 6.45) is 13.5. The molecule has 2 fully saturated rings. The Morgan fingerprint density at radius 2 is 0.785 bits per heavy atom. The summed E-state index contributed by atoms with van der Waals surface area (Å²) in [6.45, 7) is 10.7. The summed E-state index contributed by atoms with van der Waals surface area (Å²) in [4.78, 5) is 51.6. The van der Waals surface area contributed by atoms with Crippen molar-refractivity contribution in [3.8, 4) is 11.5 Å². The van der Waals surface area contributed by atoms with Gasteiger partial charge in [0.25, 0.3) is 0 Å². The van der Waals surface area contributed by atoms with Crippen LogP contribution in [0.2, 0.25) is 0 Å². The molecule has 2 saturated carbocycles. The number of carbonyl (C=O) groups is 4. The molecule has 0 aromatic heterocycles. The van der Waals surface area contributed by atoms with Crippen LogP contribution in [0.25, 0.3) is 0 Å². The number of hydrogen-bond donors (Lipinski definition) is 2. The monoisotopic (exact) mass is 1560 g/mol. The normalized spacial score (nSPS) is 15.9. The lowest BCUT2D eigenvalue weighted by molar-refractivity contribution is -0.149. The van der Waals surface area contributed by atoms with Crippen LogP contribution in [0.5, 0.6) is 11.5 Å². The van der Waals surface area contributed by atoms with Gasteiger partial charge in [0, 0.05) is 0 Å². The molecule has 4 atom stereocenters. The molecular formula is C80H98F4N2O17S4. The Hall–Kier alpha value is -7.86. The van der Waals surface area contributed by atoms with Gasteiger partial charge in [0.05, 0.1) is 72.6 Å². The molecule has 107 heavy (non-hydrogen) atoms. The average Bonchev–Trinajstić information content (AvgIpc) is 0.835. The van der Waals surface area contributed by atoms with Crippen LogP contribution in [0, 0.1) is 17.8 Å². The lowest BCUT2D eigenvalue weighted by Crippen LogP contribution is -2.46. The lowest BCUT2D eigenvalue weighted by Gasteiger charge is -2.29. The van der Waals surface area contributed by atoms with Crippen molar-refractivity contribution in [1.29, 1.82) is 0 Å². The zero-order valence-electron chi connectivity index (χ0n) is 61.1. The van der Waals surface area contributed by atoms with E-state index >= 15 is 0 Å². The molecule has 0 aliphatic heterocycles. The molecule has 19 nitrogen and oxygen atoms in total. The Balaban J connectivity index is 0.000000234. The summed E-state index contributed by atoms with van der Waals surface area (Å²) in [6, 6.07) is 70.6. The second kappa shape index (κ2) is 45.2. The molecule has 0 heterocycles. The average molecular weight is 1560 g/mol. The largest absolute Gasteiger partial charge is 0.743 e. The van der Waals surface area contributed by atoms with Gasteiger partial charge in [-0.25, -0.2) is 16.8 Å². The van der Waals surface area contributed by atoms with Crippen molar-refractivity contribution in [3.63, 3.8) is 0 Å². The highest BCUT2D eigenvalue weighted by atomic mass is 32.2. The number of esters is 2. The highest BCUT2D eigenvalue weighted by Crippen LogP contribution is 2.36. The van der Waals surface area contributed by atoms with E-state index < -0.39 is 80.8 Å². The van der Waals surface area contributed by atoms with E-state index in [-0.39, 0.29) is 46.2 Å². The molecule has 0 spiro atoms. The number of benzene rings is 7. The number of carbonyl (C=O) groups excluding carboxylic acids is 4. The first-order valence-corrected chi connectivity index (χ1v) is 41.1. The van der Waals surface area contributed by atoms with Gasteiger partial charge < -0.3 is 52.9 Å². The molecule has 2 amide bonds. The first-order valence-electron chi connectivity index (χ1n) is 35.8. The number of halogens is 4. The maximum atomic E-state index is 12.7. The van der Waals surface area contributed by atoms with Crippen LogP contribution >= 0.6 is 0 Å². The van der Waals surface area contributed by atoms with Crippen LogP contribution in [-0.2, 0) is 84.9 Å². The highest BCUT2D eigenvalue weighted by molar-refractivity contribution is 7.97. The van der Waals surface area contributed by atoms with Crippen molar-refractivity contribution >= 4 is 65.8 Å². The molecule has 7 aromatic carbocycles. The van der Waals surface area contributed by atoms with Crippen molar-refractivity contribution in [2.24, 2.45) is 17.8 Å². The summed E-state index contributed by atoms with van der Waals surface area (Å²) in [7, 11) is -12.4. The third-order valence-electron chi connectivity index (χ3n) is 17.4. The summed E-state index contributed by atoms with van der Waals surface area (Å²) in [5, 5.41) is -7.10. The number of amides is 2. The van der Waals surface area contributed by atoms with E-state index in [1.54, 1.807) is 27.7 Å². The van der Waals surface area contributed by atoms with Gasteiger partial charge in [0.2, 0.25) is 0 Å². The second-order valence-electron chi connectivity index (χ2n) is 25.4. The number of hydrogen-bond acceptors (Lipinski definition) is 17. The van der Waals surface area contributed by atoms with Gasteiger partial charge in [-0.1, -0.05) is 163 Å². The summed E-state index contributed by atoms with van der Waals surface area (Å²) < 4.78 is 151. The minimum atomic E-state index is -6.08. The Bertz CT molecular complexity index is 3810. The van der Waals surface area contributed by atoms with E-state index in [0.717, 1.165) is 43.3 Å². The van der Waals surface area contributed by atoms with Crippen LogP contribution in [0.1, 0.15) is 130 Å². The predicted molar refractivity (Wildman–Crippen MR) is 400 cm³/mol. The highest BCUT2D eigenvalue weighted by Gasteiger charge is 2.47. The van der Waals surface area contributed by atoms with Gasteiger partial charge in [-0.2, -0.15) is 17.6 Å². The smallest absolute Gasteiger partial charge is 0.410 e. The molecule has 0 radical (unpaired) electrons. The SMILES string of the molecule is CC(OCCC1CCCCC1)Oc1ccc([S+](c2ccccc2)c2ccccc2)cc1.CC(OCCOC1CCC(c2ccccc2)CC1)Oc1ccc([S+](c2ccccc2)c2ccccc2)cc1.CCC(C)C(=O)OCCNC(=O)C(F)(F)S(=O)(=O)[O-].CCC(C)C(=O)OCCNC(=O)C(F)(F)S(=O)(=O)[O-]. The van der Waals surface area contributed by atoms with Crippen molar-refractivity contribution in [2.45, 2.75) is 183 Å². The zero-order chi connectivity index (χ0) is 77.8. The van der Waals surface area contributed by atoms with E-state index in [0.29, 0.717) is 38.1 Å². The maximum Gasteiger partial charge on any atom is 0.410 e. The fourth-order valence-corrected chi connectivity index (χ4v) is 15.8. The molecule has 2 aliphatic carbocycles. The van der Waals surface area contributed by atoms with E-state index in [4.69, 9.17) is 23.7 Å². The summed E-state index contributed by atoms with van der Waals surface area (Å²) in [5.41, 5.74) is 1.46. The molecule has 582 valence electrons. The van der Waals surface area contributed by atoms with Crippen molar-refractivity contribution in [1.82, 2.24) is 10.6 Å². The molecular weight excluding hydrogens is 1470 g/mol. The molecule has 0 bridgehead atoms. The number of alkyl halides is 4. The van der Waals surface area contributed by atoms with Crippen molar-refractivity contribution in [2.75, 3.05) is 46.1 Å². The van der Waals surface area contributed by atoms with E-state index in [2.05, 4.69) is 198 Å². The lowest BCUT2D eigenvalue weighted by atomic mass is 9.83. The van der Waals surface area contributed by atoms with Gasteiger partial charge in [-0.15, -0.1) is 0 Å². The van der Waals surface area contributed by atoms with E-state index in [1.807, 2.05) is 26.0 Å². The molecule has 2 aliphatic rings. The second-order valence-corrected chi connectivity index (χ2v) is 32.3. The molecule has 7 aromatic rings. The first kappa shape index (κ1) is 88.0. The van der Waals surface area contributed by atoms with E-state index in [9.17, 15) is 62.7 Å². The third kappa shape index (κ3) is 29.6. The molecule has 0 saturated heterocycles. The minimum Gasteiger partial charge on any atom is -0.743 e. The van der Waals surface area contributed by atoms with Gasteiger partial charge in [0.15, 0.2) is 62.2 Å². The van der Waals surface area contributed by atoms with Crippen LogP contribution < -0.4 is 20.1 Å². The van der Waals surface area contributed by atoms with Crippen LogP contribution in [0.15, 0.2) is 230 Å². The third-order valence-corrected chi connectivity index (χ3v) is 23.5. The molecule has 27 heteroatoms. The predicted octanol–water partition coefficient (Wildman–Crippen LogP) is 15.4. The van der Waals surface area contributed by atoms with E-state index in [1.165, 1.54) is 90.5 Å². The fraction of sp³-hybridized carbons (Fsp3) is 0.425. The number of nitrogens with one attached hydrogen (secondary N) is 2. The fourth-order valence-electron chi connectivity index (χ4n) is 11.1. The van der Waals surface area contributed by atoms with Gasteiger partial charge >= 0.3 is 34.3 Å². The summed E-state index contributed by atoms with van der Waals surface area (Å²) >= 11 is 0. The topological polar surface area (TPSA) is 271 Å². The number of ether oxygens (including phenoxy) is 7. The first-order chi connectivity index (χ1) is 51.1. The van der Waals surface area contributed by atoms with Gasteiger partial charge in [-0.3, -0.25) is 19.2 Å².